The molecule has 17 heavy (non-hydrogen) atoms. The van der Waals surface area contributed by atoms with Gasteiger partial charge in [0.2, 0.25) is 0 Å². The SMILES string of the molecule is CN(CCCCCCl)Cc1cc(F)ccc1Cl. The number of unbranched alkanes of at least 4 members (excludes halogenated alkanes) is 2. The highest BCUT2D eigenvalue weighted by Crippen LogP contribution is 2.18. The van der Waals surface area contributed by atoms with Gasteiger partial charge in [-0.1, -0.05) is 18.0 Å². The monoisotopic (exact) mass is 277 g/mol. The highest BCUT2D eigenvalue weighted by Gasteiger charge is 2.05. The van der Waals surface area contributed by atoms with Gasteiger partial charge in [0.1, 0.15) is 5.82 Å². The Morgan fingerprint density at radius 2 is 2.00 bits per heavy atom. The summed E-state index contributed by atoms with van der Waals surface area (Å²) in [6.07, 6.45) is 3.29. The molecular weight excluding hydrogens is 260 g/mol. The van der Waals surface area contributed by atoms with Gasteiger partial charge in [0.15, 0.2) is 0 Å². The molecule has 0 N–H and O–H groups in total. The van der Waals surface area contributed by atoms with Gasteiger partial charge in [-0.3, -0.25) is 0 Å². The van der Waals surface area contributed by atoms with Gasteiger partial charge in [0, 0.05) is 17.4 Å². The minimum absolute atomic E-state index is 0.236. The Kier molecular flexibility index (Phi) is 6.86. The van der Waals surface area contributed by atoms with Crippen molar-refractivity contribution in [3.8, 4) is 0 Å². The molecule has 1 aromatic rings. The molecule has 1 nitrogen and oxygen atoms in total. The van der Waals surface area contributed by atoms with Crippen molar-refractivity contribution in [2.24, 2.45) is 0 Å². The summed E-state index contributed by atoms with van der Waals surface area (Å²) in [4.78, 5) is 2.15. The number of hydrogen-bond donors (Lipinski definition) is 0. The third-order valence-electron chi connectivity index (χ3n) is 2.62. The van der Waals surface area contributed by atoms with Crippen molar-refractivity contribution >= 4 is 23.2 Å². The number of nitrogens with zero attached hydrogens (tertiary/aromatic N) is 1. The first-order valence-corrected chi connectivity index (χ1v) is 6.73. The summed E-state index contributed by atoms with van der Waals surface area (Å²) < 4.78 is 13.1. The molecule has 0 aromatic heterocycles. The van der Waals surface area contributed by atoms with Gasteiger partial charge in [0.05, 0.1) is 0 Å². The smallest absolute Gasteiger partial charge is 0.123 e. The van der Waals surface area contributed by atoms with E-state index in [4.69, 9.17) is 23.2 Å². The first-order valence-electron chi connectivity index (χ1n) is 5.82. The van der Waals surface area contributed by atoms with Crippen molar-refractivity contribution in [1.29, 1.82) is 0 Å². The van der Waals surface area contributed by atoms with Crippen molar-refractivity contribution in [3.05, 3.63) is 34.6 Å². The lowest BCUT2D eigenvalue weighted by Gasteiger charge is -2.17. The summed E-state index contributed by atoms with van der Waals surface area (Å²) >= 11 is 11.6. The van der Waals surface area contributed by atoms with Crippen LogP contribution in [0.25, 0.3) is 0 Å². The van der Waals surface area contributed by atoms with Crippen LogP contribution in [0.3, 0.4) is 0 Å². The summed E-state index contributed by atoms with van der Waals surface area (Å²) in [7, 11) is 2.02. The van der Waals surface area contributed by atoms with Gasteiger partial charge in [-0.25, -0.2) is 4.39 Å². The Morgan fingerprint density at radius 3 is 2.71 bits per heavy atom. The molecule has 0 bridgehead atoms. The van der Waals surface area contributed by atoms with E-state index in [1.807, 2.05) is 7.05 Å². The normalized spacial score (nSPS) is 11.1. The van der Waals surface area contributed by atoms with Crippen molar-refractivity contribution < 1.29 is 4.39 Å². The Morgan fingerprint density at radius 1 is 1.24 bits per heavy atom. The van der Waals surface area contributed by atoms with Crippen LogP contribution in [0.1, 0.15) is 24.8 Å². The van der Waals surface area contributed by atoms with E-state index in [1.165, 1.54) is 12.1 Å². The molecule has 0 amide bonds. The van der Waals surface area contributed by atoms with E-state index < -0.39 is 0 Å². The Hall–Kier alpha value is -0.310. The second-order valence-electron chi connectivity index (χ2n) is 4.22. The van der Waals surface area contributed by atoms with Gasteiger partial charge in [-0.2, -0.15) is 0 Å². The fourth-order valence-electron chi connectivity index (χ4n) is 1.69. The number of hydrogen-bond acceptors (Lipinski definition) is 1. The fourth-order valence-corrected chi connectivity index (χ4v) is 2.05. The molecule has 0 aliphatic carbocycles. The minimum atomic E-state index is -0.236. The number of halogens is 3. The van der Waals surface area contributed by atoms with Crippen LogP contribution in [-0.2, 0) is 6.54 Å². The molecule has 0 fully saturated rings. The molecule has 0 aliphatic rings. The van der Waals surface area contributed by atoms with Gasteiger partial charge in [0.25, 0.3) is 0 Å². The van der Waals surface area contributed by atoms with E-state index in [0.29, 0.717) is 11.6 Å². The van der Waals surface area contributed by atoms with E-state index in [9.17, 15) is 4.39 Å². The largest absolute Gasteiger partial charge is 0.302 e. The number of rotatable bonds is 7. The zero-order valence-corrected chi connectivity index (χ0v) is 11.6. The van der Waals surface area contributed by atoms with E-state index in [1.54, 1.807) is 6.07 Å². The van der Waals surface area contributed by atoms with Crippen LogP contribution >= 0.6 is 23.2 Å². The molecule has 0 spiro atoms. The molecule has 0 atom stereocenters. The molecule has 4 heteroatoms. The Bertz CT molecular complexity index is 344. The predicted octanol–water partition coefficient (Wildman–Crippen LogP) is 4.32. The van der Waals surface area contributed by atoms with Crippen LogP contribution in [0.2, 0.25) is 5.02 Å². The number of benzene rings is 1. The summed E-state index contributed by atoms with van der Waals surface area (Å²) in [6.45, 7) is 1.65. The highest BCUT2D eigenvalue weighted by atomic mass is 35.5. The fraction of sp³-hybridized carbons (Fsp3) is 0.538. The third-order valence-corrected chi connectivity index (χ3v) is 3.26. The number of alkyl halides is 1. The molecule has 96 valence electrons. The summed E-state index contributed by atoms with van der Waals surface area (Å²) in [5, 5.41) is 0.624. The maximum Gasteiger partial charge on any atom is 0.123 e. The molecule has 0 saturated carbocycles. The van der Waals surface area contributed by atoms with E-state index in [0.717, 1.165) is 37.3 Å². The van der Waals surface area contributed by atoms with Crippen molar-refractivity contribution in [3.63, 3.8) is 0 Å². The molecule has 0 radical (unpaired) electrons. The first-order chi connectivity index (χ1) is 8.13. The van der Waals surface area contributed by atoms with Gasteiger partial charge < -0.3 is 4.90 Å². The van der Waals surface area contributed by atoms with Crippen LogP contribution in [0.5, 0.6) is 0 Å². The molecule has 1 aromatic carbocycles. The van der Waals surface area contributed by atoms with Crippen LogP contribution in [-0.4, -0.2) is 24.4 Å². The second-order valence-corrected chi connectivity index (χ2v) is 5.01. The zero-order chi connectivity index (χ0) is 12.7. The topological polar surface area (TPSA) is 3.24 Å². The van der Waals surface area contributed by atoms with E-state index in [-0.39, 0.29) is 5.82 Å². The summed E-state index contributed by atoms with van der Waals surface area (Å²) in [5.74, 6) is 0.485. The van der Waals surface area contributed by atoms with E-state index in [2.05, 4.69) is 4.90 Å². The maximum atomic E-state index is 13.1. The molecule has 0 aliphatic heterocycles. The molecule has 0 saturated heterocycles. The zero-order valence-electron chi connectivity index (χ0n) is 10.1. The standard InChI is InChI=1S/C13H18Cl2FN/c1-17(8-4-2-3-7-14)10-11-9-12(16)5-6-13(11)15/h5-6,9H,2-4,7-8,10H2,1H3. The lowest BCUT2D eigenvalue weighted by Crippen LogP contribution is -2.19. The quantitative estimate of drug-likeness (QED) is 0.530. The van der Waals surface area contributed by atoms with Gasteiger partial charge in [-0.15, -0.1) is 11.6 Å². The van der Waals surface area contributed by atoms with Crippen molar-refractivity contribution in [2.75, 3.05) is 19.5 Å². The molecular formula is C13H18Cl2FN. The predicted molar refractivity (Wildman–Crippen MR) is 72.3 cm³/mol. The van der Waals surface area contributed by atoms with Crippen LogP contribution in [0.15, 0.2) is 18.2 Å². The van der Waals surface area contributed by atoms with Crippen LogP contribution < -0.4 is 0 Å². The van der Waals surface area contributed by atoms with Crippen LogP contribution in [0, 0.1) is 5.82 Å². The Balaban J connectivity index is 2.39. The Labute approximate surface area is 113 Å². The summed E-state index contributed by atoms with van der Waals surface area (Å²) in [6, 6.07) is 4.48. The maximum absolute atomic E-state index is 13.1. The molecule has 0 unspecified atom stereocenters. The van der Waals surface area contributed by atoms with Gasteiger partial charge >= 0.3 is 0 Å². The van der Waals surface area contributed by atoms with Gasteiger partial charge in [-0.05, 0) is 50.2 Å². The third kappa shape index (κ3) is 5.71. The average molecular weight is 278 g/mol. The lowest BCUT2D eigenvalue weighted by molar-refractivity contribution is 0.318. The first kappa shape index (κ1) is 14.7. The highest BCUT2D eigenvalue weighted by molar-refractivity contribution is 6.31. The van der Waals surface area contributed by atoms with E-state index >= 15 is 0 Å². The minimum Gasteiger partial charge on any atom is -0.302 e. The van der Waals surface area contributed by atoms with Crippen LogP contribution in [0.4, 0.5) is 4.39 Å². The second kappa shape index (κ2) is 7.91. The molecule has 0 heterocycles. The van der Waals surface area contributed by atoms with Crippen molar-refractivity contribution in [1.82, 2.24) is 4.90 Å². The van der Waals surface area contributed by atoms with Crippen molar-refractivity contribution in [2.45, 2.75) is 25.8 Å². The summed E-state index contributed by atoms with van der Waals surface area (Å²) in [5.41, 5.74) is 0.839. The lowest BCUT2D eigenvalue weighted by atomic mass is 10.2. The molecule has 1 rings (SSSR count). The average Bonchev–Trinajstić information content (AvgIpc) is 2.29.